The van der Waals surface area contributed by atoms with E-state index in [0.717, 1.165) is 30.5 Å². The number of carboxylic acid groups (broad SMARTS) is 1. The molecule has 0 bridgehead atoms. The van der Waals surface area contributed by atoms with Gasteiger partial charge in [0.15, 0.2) is 12.4 Å². The van der Waals surface area contributed by atoms with E-state index in [1.54, 1.807) is 0 Å². The number of carbonyl (C=O) groups excluding carboxylic acids is 2. The fourth-order valence-electron chi connectivity index (χ4n) is 6.68. The average molecular weight is 1090 g/mol. The van der Waals surface area contributed by atoms with E-state index >= 15 is 0 Å². The molecule has 4 aromatic rings. The average Bonchev–Trinajstić information content (AvgIpc) is 3.79. The minimum atomic E-state index is -5.25. The highest BCUT2D eigenvalue weighted by atomic mass is 35.5. The molecule has 1 aliphatic rings. The number of nitrogens with zero attached hydrogens (tertiary/aromatic N) is 5. The van der Waals surface area contributed by atoms with E-state index in [1.807, 2.05) is 27.7 Å². The highest BCUT2D eigenvalue weighted by Crippen LogP contribution is 2.43. The summed E-state index contributed by atoms with van der Waals surface area (Å²) in [4.78, 5) is 46.2. The second-order valence-corrected chi connectivity index (χ2v) is 18.8. The Morgan fingerprint density at radius 1 is 1.00 bits per heavy atom. The second-order valence-electron chi connectivity index (χ2n) is 15.3. The lowest BCUT2D eigenvalue weighted by Gasteiger charge is -2.23. The van der Waals surface area contributed by atoms with Gasteiger partial charge in [-0.1, -0.05) is 51.3 Å². The molecule has 0 spiro atoms. The smallest absolute Gasteiger partial charge is 0.431 e. The summed E-state index contributed by atoms with van der Waals surface area (Å²) in [6.45, 7) is 6.52. The molecule has 5 rings (SSSR count). The van der Waals surface area contributed by atoms with Gasteiger partial charge in [-0.15, -0.1) is 0 Å². The first-order valence-corrected chi connectivity index (χ1v) is 24.7. The number of aromatic nitrogens is 3. The van der Waals surface area contributed by atoms with Gasteiger partial charge < -0.3 is 20.9 Å². The number of alkyl halides is 8. The van der Waals surface area contributed by atoms with Gasteiger partial charge in [0.1, 0.15) is 57.6 Å². The van der Waals surface area contributed by atoms with Crippen LogP contribution in [0.2, 0.25) is 5.02 Å². The first-order valence-electron chi connectivity index (χ1n) is 21.3. The van der Waals surface area contributed by atoms with Crippen molar-refractivity contribution in [3.63, 3.8) is 0 Å². The SMILES string of the molecule is CC.CC.CS(=O)N(C(=O)OCC(=O)O)c1nn(CC(F)(F)F)c2c(-c3ccc(C#CC(C)(C)S(C)=O)nc3C(Cc3cc(F)cc(F)c3)NC(=O)CN=C3/C(=C(\N)C(F)(F)F)CCC3(F)F)ccc(Cl)c12. The Kier molecular flexibility index (Phi) is 20.6. The summed E-state index contributed by atoms with van der Waals surface area (Å²) in [6, 6.07) is 5.14. The Labute approximate surface area is 416 Å². The molecule has 2 aromatic heterocycles. The van der Waals surface area contributed by atoms with Crippen molar-refractivity contribution in [3.8, 4) is 23.0 Å². The van der Waals surface area contributed by atoms with E-state index in [0.29, 0.717) is 10.7 Å². The molecule has 2 aromatic carbocycles. The molecule has 3 unspecified atom stereocenters. The molecule has 27 heteroatoms. The minimum absolute atomic E-state index is 0.168. The number of aliphatic imine (C=N–C) groups is 1. The summed E-state index contributed by atoms with van der Waals surface area (Å²) in [7, 11) is -4.10. The van der Waals surface area contributed by atoms with Crippen molar-refractivity contribution in [3.05, 3.63) is 87.3 Å². The minimum Gasteiger partial charge on any atom is -0.479 e. The summed E-state index contributed by atoms with van der Waals surface area (Å²) < 4.78 is 172. The van der Waals surface area contributed by atoms with Crippen molar-refractivity contribution >= 4 is 73.8 Å². The third kappa shape index (κ3) is 15.2. The first-order chi connectivity index (χ1) is 33.4. The summed E-state index contributed by atoms with van der Waals surface area (Å²) in [5.41, 5.74) is -1.03. The number of amides is 2. The monoisotopic (exact) mass is 1090 g/mol. The number of carbonyl (C=O) groups is 3. The van der Waals surface area contributed by atoms with Crippen molar-refractivity contribution < 1.29 is 76.5 Å². The van der Waals surface area contributed by atoms with Crippen LogP contribution in [-0.4, -0.2) is 101 Å². The molecule has 0 saturated heterocycles. The Morgan fingerprint density at radius 3 is 2.14 bits per heavy atom. The first kappa shape index (κ1) is 60.2. The zero-order valence-electron chi connectivity index (χ0n) is 39.5. The van der Waals surface area contributed by atoms with Crippen LogP contribution in [0.15, 0.2) is 58.7 Å². The maximum Gasteiger partial charge on any atom is 0.431 e. The van der Waals surface area contributed by atoms with Crippen LogP contribution in [0.3, 0.4) is 0 Å². The Hall–Kier alpha value is -6.07. The van der Waals surface area contributed by atoms with E-state index < -0.39 is 158 Å². The molecule has 2 amide bonds. The molecule has 3 atom stereocenters. The summed E-state index contributed by atoms with van der Waals surface area (Å²) in [6.07, 6.45) is -12.4. The molecule has 2 heterocycles. The molecule has 0 aliphatic heterocycles. The van der Waals surface area contributed by atoms with Crippen molar-refractivity contribution in [2.45, 2.75) is 96.4 Å². The Balaban J connectivity index is 0.00000334. The number of allylic oxidation sites excluding steroid dienone is 2. The number of carboxylic acids is 1. The van der Waals surface area contributed by atoms with Crippen molar-refractivity contribution in [2.75, 3.05) is 30.0 Å². The van der Waals surface area contributed by atoms with Gasteiger partial charge in [-0.05, 0) is 68.5 Å². The maximum atomic E-state index is 15.0. The van der Waals surface area contributed by atoms with E-state index in [4.69, 9.17) is 22.4 Å². The Morgan fingerprint density at radius 2 is 1.60 bits per heavy atom. The maximum absolute atomic E-state index is 15.0. The highest BCUT2D eigenvalue weighted by Gasteiger charge is 2.48. The molecule has 394 valence electrons. The predicted octanol–water partition coefficient (Wildman–Crippen LogP) is 9.52. The number of hydrogen-bond donors (Lipinski definition) is 3. The van der Waals surface area contributed by atoms with E-state index in [2.05, 4.69) is 37.0 Å². The second kappa shape index (κ2) is 24.6. The molecule has 1 aliphatic carbocycles. The fraction of sp³-hybridized carbons (Fsp3) is 0.422. The van der Waals surface area contributed by atoms with Crippen LogP contribution in [0.4, 0.5) is 54.5 Å². The number of nitrogens with one attached hydrogen (secondary N) is 1. The van der Waals surface area contributed by atoms with Crippen molar-refractivity contribution in [1.29, 1.82) is 0 Å². The van der Waals surface area contributed by atoms with Crippen LogP contribution in [0.25, 0.3) is 22.0 Å². The lowest BCUT2D eigenvalue weighted by molar-refractivity contribution is -0.142. The molecule has 72 heavy (non-hydrogen) atoms. The van der Waals surface area contributed by atoms with Crippen LogP contribution in [0.5, 0.6) is 0 Å². The summed E-state index contributed by atoms with van der Waals surface area (Å²) in [5, 5.41) is 14.5. The molecule has 1 fully saturated rings. The largest absolute Gasteiger partial charge is 0.479 e. The topological polar surface area (TPSA) is 199 Å². The van der Waals surface area contributed by atoms with Gasteiger partial charge >= 0.3 is 24.4 Å². The molecule has 0 radical (unpaired) electrons. The van der Waals surface area contributed by atoms with Gasteiger partial charge in [0.25, 0.3) is 5.92 Å². The van der Waals surface area contributed by atoms with E-state index in [1.165, 1.54) is 32.2 Å². The molecule has 4 N–H and O–H groups in total. The number of hydrogen-bond acceptors (Lipinski definition) is 10. The van der Waals surface area contributed by atoms with Gasteiger partial charge in [-0.25, -0.2) is 27.6 Å². The van der Waals surface area contributed by atoms with Crippen LogP contribution in [-0.2, 0) is 49.1 Å². The lowest BCUT2D eigenvalue weighted by atomic mass is 9.93. The third-order valence-electron chi connectivity index (χ3n) is 9.87. The van der Waals surface area contributed by atoms with Crippen molar-refractivity contribution in [2.24, 2.45) is 10.7 Å². The van der Waals surface area contributed by atoms with E-state index in [9.17, 15) is 66.7 Å². The van der Waals surface area contributed by atoms with Crippen LogP contribution in [0, 0.1) is 23.5 Å². The highest BCUT2D eigenvalue weighted by molar-refractivity contribution is 7.86. The molecule has 14 nitrogen and oxygen atoms in total. The zero-order valence-corrected chi connectivity index (χ0v) is 41.9. The lowest BCUT2D eigenvalue weighted by Crippen LogP contribution is -2.34. The number of fused-ring (bicyclic) bond motifs is 1. The number of aliphatic carboxylic acids is 1. The quantitative estimate of drug-likeness (QED) is 0.0856. The number of anilines is 1. The van der Waals surface area contributed by atoms with Gasteiger partial charge in [0.05, 0.1) is 27.7 Å². The van der Waals surface area contributed by atoms with Crippen LogP contribution >= 0.6 is 11.6 Å². The van der Waals surface area contributed by atoms with Gasteiger partial charge in [-0.3, -0.25) is 18.7 Å². The Bertz CT molecular complexity index is 2840. The fourth-order valence-corrected chi connectivity index (χ4v) is 7.75. The third-order valence-corrected chi connectivity index (χ3v) is 12.6. The standard InChI is InChI=1S/C41H36ClF10N7O7S2.2C2H6/c1-38(2,67(3)64)11-9-23-5-6-24(25-7-8-27(42)31-33(25)58(19-40(47,48)49)57-36(31)59(68(4)65)37(63)66-18-30(61)62)32(55-23)28(15-20-13-21(43)16-22(44)14-20)56-29(60)17-54-35-26(10-12-39(35,45)46)34(53)41(50,51)52;2*1-2/h5-8,13-14,16,28H,10,12,15,17-19,53H2,1-4H3,(H,56,60)(H,61,62);2*1-2H3/b34-26-,54-35?;;. The zero-order chi connectivity index (χ0) is 54.8. The number of benzene rings is 2. The number of rotatable bonds is 13. The molecular formula is C45H48ClF10N7O7S2. The van der Waals surface area contributed by atoms with Gasteiger partial charge in [0, 0.05) is 52.5 Å². The number of halogens is 11. The summed E-state index contributed by atoms with van der Waals surface area (Å²) in [5.74, 6) is -4.52. The molecule has 1 saturated carbocycles. The van der Waals surface area contributed by atoms with Gasteiger partial charge in [-0.2, -0.15) is 44.5 Å². The van der Waals surface area contributed by atoms with Crippen molar-refractivity contribution in [1.82, 2.24) is 20.1 Å². The van der Waals surface area contributed by atoms with Crippen LogP contribution in [0.1, 0.15) is 77.4 Å². The van der Waals surface area contributed by atoms with E-state index in [-0.39, 0.29) is 32.4 Å². The normalized spacial score (nSPS) is 16.0. The molecular weight excluding hydrogens is 1040 g/mol. The summed E-state index contributed by atoms with van der Waals surface area (Å²) >= 11 is 6.56. The predicted molar refractivity (Wildman–Crippen MR) is 252 cm³/mol. The van der Waals surface area contributed by atoms with Gasteiger partial charge in [0.2, 0.25) is 5.91 Å². The number of pyridine rings is 1. The number of ether oxygens (including phenoxy) is 1. The van der Waals surface area contributed by atoms with Crippen LogP contribution < -0.4 is 15.4 Å². The number of nitrogens with two attached hydrogens (primary N) is 1.